The molecule has 9 heteroatoms. The second-order valence-corrected chi connectivity index (χ2v) is 6.57. The Balaban J connectivity index is 0.000000211. The minimum absolute atomic E-state index is 0.147. The van der Waals surface area contributed by atoms with Crippen molar-refractivity contribution in [3.05, 3.63) is 37.3 Å². The molecule has 2 aromatic rings. The van der Waals surface area contributed by atoms with E-state index in [-0.39, 0.29) is 11.0 Å². The van der Waals surface area contributed by atoms with E-state index >= 15 is 0 Å². The van der Waals surface area contributed by atoms with Gasteiger partial charge in [-0.25, -0.2) is 24.2 Å². The lowest BCUT2D eigenvalue weighted by atomic mass is 9.96. The highest BCUT2D eigenvalue weighted by molar-refractivity contribution is 4.96. The summed E-state index contributed by atoms with van der Waals surface area (Å²) in [7, 11) is 0. The molecule has 0 aliphatic carbocycles. The van der Waals surface area contributed by atoms with E-state index in [0.717, 1.165) is 0 Å². The Morgan fingerprint density at radius 2 is 1.57 bits per heavy atom. The van der Waals surface area contributed by atoms with Gasteiger partial charge in [-0.05, 0) is 20.8 Å². The number of aromatic amines is 3. The lowest BCUT2D eigenvalue weighted by Crippen LogP contribution is -2.33. The molecular weight excluding hydrogens is 278 g/mol. The molecule has 118 valence electrons. The van der Waals surface area contributed by atoms with Crippen LogP contribution in [0.5, 0.6) is 0 Å². The number of nitrogens with one attached hydrogen (secondary N) is 3. The van der Waals surface area contributed by atoms with Gasteiger partial charge in [-0.1, -0.05) is 25.9 Å². The van der Waals surface area contributed by atoms with E-state index in [2.05, 4.69) is 24.7 Å². The first kappa shape index (κ1) is 16.7. The maximum absolute atomic E-state index is 11.0. The van der Waals surface area contributed by atoms with Gasteiger partial charge in [-0.3, -0.25) is 14.5 Å². The Kier molecular flexibility index (Phi) is 4.45. The third-order valence-corrected chi connectivity index (χ3v) is 2.46. The first-order chi connectivity index (χ1) is 9.41. The van der Waals surface area contributed by atoms with Crippen molar-refractivity contribution in [3.8, 4) is 0 Å². The van der Waals surface area contributed by atoms with Crippen LogP contribution in [0.15, 0.2) is 18.9 Å². The molecule has 0 fully saturated rings. The highest BCUT2D eigenvalue weighted by atomic mass is 16.5. The quantitative estimate of drug-likeness (QED) is 0.643. The summed E-state index contributed by atoms with van der Waals surface area (Å²) in [5, 5.41) is 5.92. The van der Waals surface area contributed by atoms with Crippen LogP contribution in [0.3, 0.4) is 0 Å². The monoisotopic (exact) mass is 299 g/mol. The van der Waals surface area contributed by atoms with Gasteiger partial charge in [0.15, 0.2) is 5.82 Å². The molecule has 0 amide bonds. The van der Waals surface area contributed by atoms with Crippen LogP contribution in [-0.2, 0) is 11.0 Å². The molecule has 2 rings (SSSR count). The maximum atomic E-state index is 11.0. The van der Waals surface area contributed by atoms with Crippen molar-refractivity contribution in [1.82, 2.24) is 24.9 Å². The highest BCUT2D eigenvalue weighted by Gasteiger charge is 2.18. The molecule has 2 aromatic heterocycles. The van der Waals surface area contributed by atoms with Crippen molar-refractivity contribution in [3.63, 3.8) is 0 Å². The number of H-pyrrole nitrogens is 3. The third-order valence-electron chi connectivity index (χ3n) is 2.46. The molecule has 0 aliphatic heterocycles. The van der Waals surface area contributed by atoms with Gasteiger partial charge in [0.2, 0.25) is 0 Å². The second-order valence-electron chi connectivity index (χ2n) is 6.57. The smallest absolute Gasteiger partial charge is 0.296 e. The summed E-state index contributed by atoms with van der Waals surface area (Å²) in [6.07, 6.45) is 0. The molecule has 0 atom stereocenters. The van der Waals surface area contributed by atoms with Crippen LogP contribution < -0.4 is 17.1 Å². The number of hydrogen-bond acceptors (Lipinski definition) is 5. The minimum atomic E-state index is -0.495. The molecule has 0 radical (unpaired) electrons. The molecule has 21 heavy (non-hydrogen) atoms. The van der Waals surface area contributed by atoms with E-state index in [1.807, 2.05) is 41.5 Å². The topological polar surface area (TPSA) is 130 Å². The lowest BCUT2D eigenvalue weighted by molar-refractivity contribution is 0.342. The first-order valence-corrected chi connectivity index (χ1v) is 6.39. The lowest BCUT2D eigenvalue weighted by Gasteiger charge is -2.17. The van der Waals surface area contributed by atoms with Crippen LogP contribution in [0.2, 0.25) is 0 Å². The molecule has 0 spiro atoms. The van der Waals surface area contributed by atoms with Crippen LogP contribution >= 0.6 is 0 Å². The Morgan fingerprint density at radius 1 is 1.00 bits per heavy atom. The van der Waals surface area contributed by atoms with Gasteiger partial charge in [0, 0.05) is 5.41 Å². The Bertz CT molecular complexity index is 744. The predicted octanol–water partition coefficient (Wildman–Crippen LogP) is 0.280. The summed E-state index contributed by atoms with van der Waals surface area (Å²) in [5.74, 6) is 0.0856. The molecule has 3 N–H and O–H groups in total. The van der Waals surface area contributed by atoms with Crippen LogP contribution in [0.4, 0.5) is 0 Å². The van der Waals surface area contributed by atoms with E-state index in [1.54, 1.807) is 0 Å². The Morgan fingerprint density at radius 3 is 1.76 bits per heavy atom. The largest absolute Gasteiger partial charge is 0.438 e. The van der Waals surface area contributed by atoms with Crippen LogP contribution in [0.1, 0.15) is 47.4 Å². The molecule has 0 saturated carbocycles. The summed E-state index contributed by atoms with van der Waals surface area (Å²) in [4.78, 5) is 36.6. The first-order valence-electron chi connectivity index (χ1n) is 6.39. The van der Waals surface area contributed by atoms with Gasteiger partial charge in [0.05, 0.1) is 5.54 Å². The summed E-state index contributed by atoms with van der Waals surface area (Å²) < 4.78 is 5.59. The zero-order valence-electron chi connectivity index (χ0n) is 13.0. The average Bonchev–Trinajstić information content (AvgIpc) is 2.84. The molecule has 9 nitrogen and oxygen atoms in total. The molecular formula is C12H21N5O4. The van der Waals surface area contributed by atoms with Crippen LogP contribution in [0, 0.1) is 0 Å². The van der Waals surface area contributed by atoms with Gasteiger partial charge < -0.3 is 0 Å². The fourth-order valence-corrected chi connectivity index (χ4v) is 1.36. The molecule has 2 heterocycles. The highest BCUT2D eigenvalue weighted by Crippen LogP contribution is 2.15. The van der Waals surface area contributed by atoms with E-state index in [1.165, 1.54) is 4.68 Å². The predicted molar refractivity (Wildman–Crippen MR) is 76.5 cm³/mol. The fourth-order valence-electron chi connectivity index (χ4n) is 1.36. The zero-order chi connectivity index (χ0) is 16.4. The van der Waals surface area contributed by atoms with Gasteiger partial charge in [-0.2, -0.15) is 0 Å². The number of aromatic nitrogens is 5. The average molecular weight is 299 g/mol. The van der Waals surface area contributed by atoms with E-state index in [4.69, 9.17) is 0 Å². The standard InChI is InChI=1S/C6H11N3O2.C6H10N2O2/c1-6(2,3)9-5(11)7-4(10)8-9;1-6(2,3)4-7-5(9)10-8-4/h1-3H3,(H2,7,8,10,11);1-3H3,(H,7,8,9). The number of hydrogen-bond donors (Lipinski definition) is 3. The minimum Gasteiger partial charge on any atom is -0.296 e. The summed E-state index contributed by atoms with van der Waals surface area (Å²) in [5.41, 5.74) is -1.39. The molecule has 0 aromatic carbocycles. The van der Waals surface area contributed by atoms with Crippen molar-refractivity contribution < 1.29 is 4.52 Å². The Labute approximate surface area is 120 Å². The van der Waals surface area contributed by atoms with Crippen molar-refractivity contribution in [2.75, 3.05) is 0 Å². The van der Waals surface area contributed by atoms with Crippen molar-refractivity contribution in [1.29, 1.82) is 0 Å². The van der Waals surface area contributed by atoms with Crippen molar-refractivity contribution in [2.45, 2.75) is 52.5 Å². The van der Waals surface area contributed by atoms with Gasteiger partial charge in [-0.15, -0.1) is 0 Å². The van der Waals surface area contributed by atoms with Gasteiger partial charge in [0.25, 0.3) is 0 Å². The SMILES string of the molecule is CC(C)(C)c1noc(=O)[nH]1.CC(C)(C)n1[nH]c(=O)[nH]c1=O. The number of nitrogens with zero attached hydrogens (tertiary/aromatic N) is 2. The van der Waals surface area contributed by atoms with Gasteiger partial charge in [0.1, 0.15) is 0 Å². The van der Waals surface area contributed by atoms with E-state index < -0.39 is 17.1 Å². The van der Waals surface area contributed by atoms with Crippen molar-refractivity contribution >= 4 is 0 Å². The van der Waals surface area contributed by atoms with E-state index in [9.17, 15) is 14.4 Å². The fraction of sp³-hybridized carbons (Fsp3) is 0.667. The molecule has 0 unspecified atom stereocenters. The number of rotatable bonds is 0. The molecule has 0 saturated heterocycles. The van der Waals surface area contributed by atoms with Crippen molar-refractivity contribution in [2.24, 2.45) is 0 Å². The Hall–Kier alpha value is -2.32. The zero-order valence-corrected chi connectivity index (χ0v) is 13.0. The molecule has 0 bridgehead atoms. The normalized spacial score (nSPS) is 11.9. The van der Waals surface area contributed by atoms with Crippen LogP contribution in [-0.4, -0.2) is 24.9 Å². The van der Waals surface area contributed by atoms with E-state index in [0.29, 0.717) is 5.82 Å². The summed E-state index contributed by atoms with van der Waals surface area (Å²) in [6.45, 7) is 11.3. The second kappa shape index (κ2) is 5.58. The third kappa shape index (κ3) is 4.62. The summed E-state index contributed by atoms with van der Waals surface area (Å²) >= 11 is 0. The summed E-state index contributed by atoms with van der Waals surface area (Å²) in [6, 6.07) is 0. The van der Waals surface area contributed by atoms with Crippen LogP contribution in [0.25, 0.3) is 0 Å². The van der Waals surface area contributed by atoms with Gasteiger partial charge >= 0.3 is 17.1 Å². The maximum Gasteiger partial charge on any atom is 0.438 e. The molecule has 0 aliphatic rings.